The number of rotatable bonds is 12. The fraction of sp³-hybridized carbons (Fsp3) is 0.278. The van der Waals surface area contributed by atoms with Gasteiger partial charge in [0, 0.05) is 23.5 Å². The van der Waals surface area contributed by atoms with Crippen molar-refractivity contribution in [2.45, 2.75) is 62.0 Å². The number of nitrogens with one attached hydrogen (secondary N) is 1. The van der Waals surface area contributed by atoms with Gasteiger partial charge in [0.25, 0.3) is 10.0 Å². The SMILES string of the molecule is O=C(NC1CCCCC1)C(Cc1ccccc1)N(Cc1ccc(Br)cc1)C(=O)CN(c1ccc(F)cc1)S(=O)(=O)c1ccccc1. The molecule has 240 valence electrons. The highest BCUT2D eigenvalue weighted by atomic mass is 79.9. The van der Waals surface area contributed by atoms with E-state index in [1.807, 2.05) is 54.6 Å². The van der Waals surface area contributed by atoms with Crippen molar-refractivity contribution in [1.82, 2.24) is 10.2 Å². The van der Waals surface area contributed by atoms with Crippen molar-refractivity contribution in [2.24, 2.45) is 0 Å². The molecular formula is C36H37BrFN3O4S. The van der Waals surface area contributed by atoms with Crippen LogP contribution in [-0.4, -0.2) is 43.8 Å². The Balaban J connectivity index is 1.55. The van der Waals surface area contributed by atoms with Gasteiger partial charge in [-0.2, -0.15) is 0 Å². The number of anilines is 1. The number of hydrogen-bond donors (Lipinski definition) is 1. The summed E-state index contributed by atoms with van der Waals surface area (Å²) < 4.78 is 43.8. The van der Waals surface area contributed by atoms with Crippen LogP contribution in [0.5, 0.6) is 0 Å². The van der Waals surface area contributed by atoms with Crippen LogP contribution in [0.3, 0.4) is 0 Å². The number of halogens is 2. The predicted octanol–water partition coefficient (Wildman–Crippen LogP) is 6.87. The lowest BCUT2D eigenvalue weighted by molar-refractivity contribution is -0.140. The van der Waals surface area contributed by atoms with Crippen LogP contribution >= 0.6 is 15.9 Å². The summed E-state index contributed by atoms with van der Waals surface area (Å²) in [5, 5.41) is 3.20. The summed E-state index contributed by atoms with van der Waals surface area (Å²) in [4.78, 5) is 30.1. The molecule has 1 fully saturated rings. The Bertz CT molecular complexity index is 1700. The highest BCUT2D eigenvalue weighted by Crippen LogP contribution is 2.26. The van der Waals surface area contributed by atoms with Crippen molar-refractivity contribution in [3.8, 4) is 0 Å². The van der Waals surface area contributed by atoms with Gasteiger partial charge in [-0.05, 0) is 72.5 Å². The van der Waals surface area contributed by atoms with Gasteiger partial charge in [-0.15, -0.1) is 0 Å². The maximum atomic E-state index is 14.5. The standard InChI is InChI=1S/C36H37BrFN3O4S/c37-29-18-16-28(17-19-29)25-40(34(24-27-10-4-1-5-11-27)36(43)39-31-12-6-2-7-13-31)35(42)26-41(32-22-20-30(38)21-23-32)46(44,45)33-14-8-3-9-15-33/h1,3-5,8-11,14-23,31,34H,2,6-7,12-13,24-26H2,(H,39,43). The van der Waals surface area contributed by atoms with Crippen LogP contribution in [0.15, 0.2) is 119 Å². The number of carbonyl (C=O) groups is 2. The zero-order chi connectivity index (χ0) is 32.5. The highest BCUT2D eigenvalue weighted by molar-refractivity contribution is 9.10. The number of carbonyl (C=O) groups excluding carboxylic acids is 2. The molecule has 0 aromatic heterocycles. The molecule has 0 heterocycles. The summed E-state index contributed by atoms with van der Waals surface area (Å²) >= 11 is 3.46. The first-order chi connectivity index (χ1) is 22.2. The Kier molecular flexibility index (Phi) is 11.2. The average molecular weight is 707 g/mol. The Hall–Kier alpha value is -4.02. The van der Waals surface area contributed by atoms with Gasteiger partial charge in [0.1, 0.15) is 18.4 Å². The first-order valence-electron chi connectivity index (χ1n) is 15.4. The molecule has 7 nitrogen and oxygen atoms in total. The van der Waals surface area contributed by atoms with E-state index in [0.29, 0.717) is 0 Å². The molecule has 1 atom stereocenters. The van der Waals surface area contributed by atoms with Crippen molar-refractivity contribution in [3.63, 3.8) is 0 Å². The van der Waals surface area contributed by atoms with E-state index in [1.54, 1.807) is 18.2 Å². The molecule has 46 heavy (non-hydrogen) atoms. The van der Waals surface area contributed by atoms with E-state index in [0.717, 1.165) is 64.1 Å². The van der Waals surface area contributed by atoms with Gasteiger partial charge in [-0.25, -0.2) is 12.8 Å². The molecule has 0 radical (unpaired) electrons. The van der Waals surface area contributed by atoms with Crippen molar-refractivity contribution in [3.05, 3.63) is 131 Å². The monoisotopic (exact) mass is 705 g/mol. The average Bonchev–Trinajstić information content (AvgIpc) is 3.07. The lowest BCUT2D eigenvalue weighted by atomic mass is 9.94. The van der Waals surface area contributed by atoms with E-state index >= 15 is 0 Å². The summed E-state index contributed by atoms with van der Waals surface area (Å²) in [7, 11) is -4.24. The van der Waals surface area contributed by atoms with Crippen LogP contribution in [0.1, 0.15) is 43.2 Å². The van der Waals surface area contributed by atoms with Crippen molar-refractivity contribution in [2.75, 3.05) is 10.8 Å². The molecule has 10 heteroatoms. The second-order valence-electron chi connectivity index (χ2n) is 11.5. The minimum atomic E-state index is -4.24. The van der Waals surface area contributed by atoms with Gasteiger partial charge in [-0.3, -0.25) is 13.9 Å². The van der Waals surface area contributed by atoms with Gasteiger partial charge in [0.2, 0.25) is 11.8 Å². The molecule has 0 spiro atoms. The normalized spacial score (nSPS) is 14.3. The van der Waals surface area contributed by atoms with E-state index < -0.39 is 34.3 Å². The Morgan fingerprint density at radius 2 is 1.41 bits per heavy atom. The van der Waals surface area contributed by atoms with Gasteiger partial charge in [0.15, 0.2) is 0 Å². The molecule has 1 unspecified atom stereocenters. The Morgan fingerprint density at radius 1 is 0.804 bits per heavy atom. The summed E-state index contributed by atoms with van der Waals surface area (Å²) in [5.41, 5.74) is 1.78. The van der Waals surface area contributed by atoms with Crippen molar-refractivity contribution >= 4 is 43.5 Å². The molecule has 5 rings (SSSR count). The van der Waals surface area contributed by atoms with Crippen LogP contribution in [0, 0.1) is 5.82 Å². The molecule has 0 bridgehead atoms. The number of benzene rings is 4. The number of amides is 2. The second kappa shape index (κ2) is 15.5. The minimum absolute atomic E-state index is 0.0116. The summed E-state index contributed by atoms with van der Waals surface area (Å²) in [6.07, 6.45) is 5.17. The molecular weight excluding hydrogens is 669 g/mol. The van der Waals surface area contributed by atoms with E-state index in [2.05, 4.69) is 21.2 Å². The van der Waals surface area contributed by atoms with Crippen LogP contribution in [0.4, 0.5) is 10.1 Å². The molecule has 1 saturated carbocycles. The quantitative estimate of drug-likeness (QED) is 0.174. The largest absolute Gasteiger partial charge is 0.352 e. The molecule has 0 aliphatic heterocycles. The van der Waals surface area contributed by atoms with Crippen molar-refractivity contribution < 1.29 is 22.4 Å². The van der Waals surface area contributed by atoms with E-state index in [9.17, 15) is 22.4 Å². The summed E-state index contributed by atoms with van der Waals surface area (Å²) in [5.74, 6) is -1.38. The minimum Gasteiger partial charge on any atom is -0.352 e. The molecule has 2 amide bonds. The van der Waals surface area contributed by atoms with Gasteiger partial charge >= 0.3 is 0 Å². The van der Waals surface area contributed by atoms with Crippen LogP contribution in [-0.2, 0) is 32.6 Å². The van der Waals surface area contributed by atoms with Crippen LogP contribution in [0.25, 0.3) is 0 Å². The maximum absolute atomic E-state index is 14.5. The molecule has 1 aliphatic carbocycles. The van der Waals surface area contributed by atoms with Gasteiger partial charge < -0.3 is 10.2 Å². The third-order valence-electron chi connectivity index (χ3n) is 8.21. The zero-order valence-electron chi connectivity index (χ0n) is 25.4. The third kappa shape index (κ3) is 8.61. The van der Waals surface area contributed by atoms with E-state index in [-0.39, 0.29) is 35.5 Å². The molecule has 1 N–H and O–H groups in total. The second-order valence-corrected chi connectivity index (χ2v) is 14.3. The summed E-state index contributed by atoms with van der Waals surface area (Å²) in [6, 6.07) is 28.8. The first-order valence-corrected chi connectivity index (χ1v) is 17.7. The topological polar surface area (TPSA) is 86.8 Å². The summed E-state index contributed by atoms with van der Waals surface area (Å²) in [6.45, 7) is -0.522. The maximum Gasteiger partial charge on any atom is 0.264 e. The number of nitrogens with zero attached hydrogens (tertiary/aromatic N) is 2. The zero-order valence-corrected chi connectivity index (χ0v) is 27.8. The predicted molar refractivity (Wildman–Crippen MR) is 181 cm³/mol. The molecule has 0 saturated heterocycles. The van der Waals surface area contributed by atoms with Crippen LogP contribution < -0.4 is 9.62 Å². The van der Waals surface area contributed by atoms with Gasteiger partial charge in [-0.1, -0.05) is 95.9 Å². The fourth-order valence-electron chi connectivity index (χ4n) is 5.74. The van der Waals surface area contributed by atoms with Crippen molar-refractivity contribution in [1.29, 1.82) is 0 Å². The number of sulfonamides is 1. The first kappa shape index (κ1) is 33.3. The van der Waals surface area contributed by atoms with Gasteiger partial charge in [0.05, 0.1) is 10.6 Å². The smallest absolute Gasteiger partial charge is 0.264 e. The highest BCUT2D eigenvalue weighted by Gasteiger charge is 2.35. The lowest BCUT2D eigenvalue weighted by Gasteiger charge is -2.35. The van der Waals surface area contributed by atoms with E-state index in [1.165, 1.54) is 29.2 Å². The Morgan fingerprint density at radius 3 is 2.04 bits per heavy atom. The molecule has 4 aromatic carbocycles. The number of hydrogen-bond acceptors (Lipinski definition) is 4. The lowest BCUT2D eigenvalue weighted by Crippen LogP contribution is -2.55. The van der Waals surface area contributed by atoms with Crippen LogP contribution in [0.2, 0.25) is 0 Å². The Labute approximate surface area is 278 Å². The van der Waals surface area contributed by atoms with E-state index in [4.69, 9.17) is 0 Å². The molecule has 1 aliphatic rings. The fourth-order valence-corrected chi connectivity index (χ4v) is 7.44. The molecule has 4 aromatic rings. The third-order valence-corrected chi connectivity index (χ3v) is 10.5.